The highest BCUT2D eigenvalue weighted by atomic mass is 19.4. The van der Waals surface area contributed by atoms with Crippen LogP contribution in [0.4, 0.5) is 19.0 Å². The van der Waals surface area contributed by atoms with Gasteiger partial charge in [-0.3, -0.25) is 0 Å². The summed E-state index contributed by atoms with van der Waals surface area (Å²) < 4.78 is 39.1. The lowest BCUT2D eigenvalue weighted by molar-refractivity contribution is -0.137. The quantitative estimate of drug-likeness (QED) is 0.909. The Morgan fingerprint density at radius 2 is 1.95 bits per heavy atom. The smallest absolute Gasteiger partial charge is 0.356 e. The molecular formula is C15H20F3N3. The topological polar surface area (TPSA) is 28.2 Å². The third-order valence-corrected chi connectivity index (χ3v) is 4.60. The van der Waals surface area contributed by atoms with Crippen molar-refractivity contribution in [2.24, 2.45) is 5.92 Å². The van der Waals surface area contributed by atoms with Crippen LogP contribution in [0.15, 0.2) is 18.3 Å². The van der Waals surface area contributed by atoms with Crippen molar-refractivity contribution in [3.8, 4) is 0 Å². The van der Waals surface area contributed by atoms with E-state index >= 15 is 0 Å². The highest BCUT2D eigenvalue weighted by molar-refractivity contribution is 5.48. The Bertz CT molecular complexity index is 475. The van der Waals surface area contributed by atoms with E-state index in [0.29, 0.717) is 25.0 Å². The van der Waals surface area contributed by atoms with E-state index in [4.69, 9.17) is 0 Å². The monoisotopic (exact) mass is 299 g/mol. The average Bonchev–Trinajstić information content (AvgIpc) is 3.01. The van der Waals surface area contributed by atoms with Crippen LogP contribution >= 0.6 is 0 Å². The van der Waals surface area contributed by atoms with Crippen LogP contribution in [0.3, 0.4) is 0 Å². The van der Waals surface area contributed by atoms with Crippen molar-refractivity contribution in [1.29, 1.82) is 0 Å². The third-order valence-electron chi connectivity index (χ3n) is 4.60. The number of hydrogen-bond donors (Lipinski definition) is 1. The van der Waals surface area contributed by atoms with Crippen molar-refractivity contribution < 1.29 is 13.2 Å². The first kappa shape index (κ1) is 14.6. The summed E-state index contributed by atoms with van der Waals surface area (Å²) in [6.07, 6.45) is 1.38. The Hall–Kier alpha value is -1.30. The third kappa shape index (κ3) is 3.15. The Morgan fingerprint density at radius 3 is 2.57 bits per heavy atom. The van der Waals surface area contributed by atoms with Crippen molar-refractivity contribution >= 4 is 5.82 Å². The molecule has 0 amide bonds. The molecule has 6 heteroatoms. The van der Waals surface area contributed by atoms with Crippen LogP contribution in [0, 0.1) is 5.92 Å². The summed E-state index contributed by atoms with van der Waals surface area (Å²) >= 11 is 0. The largest absolute Gasteiger partial charge is 0.419 e. The minimum atomic E-state index is -4.34. The highest BCUT2D eigenvalue weighted by Gasteiger charge is 2.37. The Kier molecular flexibility index (Phi) is 4.06. The number of rotatable bonds is 2. The second-order valence-electron chi connectivity index (χ2n) is 5.90. The van der Waals surface area contributed by atoms with Gasteiger partial charge in [0.15, 0.2) is 0 Å². The number of nitrogens with one attached hydrogen (secondary N) is 1. The lowest BCUT2D eigenvalue weighted by Crippen LogP contribution is -2.41. The zero-order chi connectivity index (χ0) is 14.9. The van der Waals surface area contributed by atoms with Crippen LogP contribution in [-0.4, -0.2) is 30.7 Å². The molecule has 0 radical (unpaired) electrons. The predicted octanol–water partition coefficient (Wildman–Crippen LogP) is 3.07. The molecule has 2 aliphatic heterocycles. The van der Waals surface area contributed by atoms with Crippen LogP contribution < -0.4 is 10.2 Å². The van der Waals surface area contributed by atoms with Gasteiger partial charge in [0, 0.05) is 25.3 Å². The molecule has 1 N–H and O–H groups in total. The van der Waals surface area contributed by atoms with Gasteiger partial charge in [-0.2, -0.15) is 13.2 Å². The molecule has 2 saturated heterocycles. The van der Waals surface area contributed by atoms with E-state index in [0.717, 1.165) is 25.5 Å². The van der Waals surface area contributed by atoms with Crippen molar-refractivity contribution in [3.63, 3.8) is 0 Å². The summed E-state index contributed by atoms with van der Waals surface area (Å²) in [5, 5.41) is 3.50. The van der Waals surface area contributed by atoms with Crippen LogP contribution in [-0.2, 0) is 6.18 Å². The van der Waals surface area contributed by atoms with Crippen LogP contribution in [0.5, 0.6) is 0 Å². The lowest BCUT2D eigenvalue weighted by atomic mass is 9.88. The SMILES string of the molecule is FC(F)(F)c1cccnc1N1CCC(C2CCCN2)CC1. The lowest BCUT2D eigenvalue weighted by Gasteiger charge is -2.36. The van der Waals surface area contributed by atoms with Gasteiger partial charge in [-0.25, -0.2) is 4.98 Å². The fraction of sp³-hybridized carbons (Fsp3) is 0.667. The normalized spacial score (nSPS) is 24.5. The van der Waals surface area contributed by atoms with E-state index in [1.807, 2.05) is 0 Å². The van der Waals surface area contributed by atoms with Gasteiger partial charge in [0.05, 0.1) is 5.56 Å². The van der Waals surface area contributed by atoms with Gasteiger partial charge >= 0.3 is 6.18 Å². The second kappa shape index (κ2) is 5.83. The van der Waals surface area contributed by atoms with Crippen LogP contribution in [0.25, 0.3) is 0 Å². The van der Waals surface area contributed by atoms with Crippen molar-refractivity contribution in [3.05, 3.63) is 23.9 Å². The Morgan fingerprint density at radius 1 is 1.19 bits per heavy atom. The molecule has 3 nitrogen and oxygen atoms in total. The van der Waals surface area contributed by atoms with E-state index in [1.54, 1.807) is 4.90 Å². The summed E-state index contributed by atoms with van der Waals surface area (Å²) in [5.74, 6) is 0.671. The minimum absolute atomic E-state index is 0.0860. The van der Waals surface area contributed by atoms with Crippen LogP contribution in [0.2, 0.25) is 0 Å². The van der Waals surface area contributed by atoms with E-state index in [2.05, 4.69) is 10.3 Å². The standard InChI is InChI=1S/C15H20F3N3/c16-15(17,18)12-3-1-8-20-14(12)21-9-5-11(6-10-21)13-4-2-7-19-13/h1,3,8,11,13,19H,2,4-7,9-10H2. The molecule has 1 aromatic heterocycles. The Labute approximate surface area is 122 Å². The molecule has 2 aliphatic rings. The van der Waals surface area contributed by atoms with Gasteiger partial charge in [-0.05, 0) is 50.3 Å². The zero-order valence-electron chi connectivity index (χ0n) is 11.9. The van der Waals surface area contributed by atoms with Crippen molar-refractivity contribution in [2.75, 3.05) is 24.5 Å². The summed E-state index contributed by atoms with van der Waals surface area (Å²) in [5.41, 5.74) is -0.623. The molecule has 1 atom stereocenters. The number of hydrogen-bond acceptors (Lipinski definition) is 3. The Balaban J connectivity index is 1.69. The summed E-state index contributed by atoms with van der Waals surface area (Å²) in [6.45, 7) is 2.38. The molecule has 21 heavy (non-hydrogen) atoms. The molecule has 0 spiro atoms. The maximum Gasteiger partial charge on any atom is 0.419 e. The molecular weight excluding hydrogens is 279 g/mol. The van der Waals surface area contributed by atoms with Gasteiger partial charge in [-0.1, -0.05) is 0 Å². The fourth-order valence-electron chi connectivity index (χ4n) is 3.50. The number of anilines is 1. The van der Waals surface area contributed by atoms with Gasteiger partial charge < -0.3 is 10.2 Å². The van der Waals surface area contributed by atoms with E-state index in [1.165, 1.54) is 25.1 Å². The molecule has 1 unspecified atom stereocenters. The summed E-state index contributed by atoms with van der Waals surface area (Å²) in [7, 11) is 0. The molecule has 0 aliphatic carbocycles. The van der Waals surface area contributed by atoms with E-state index < -0.39 is 11.7 Å². The number of halogens is 3. The van der Waals surface area contributed by atoms with Crippen molar-refractivity contribution in [1.82, 2.24) is 10.3 Å². The molecule has 1 aromatic rings. The predicted molar refractivity (Wildman–Crippen MR) is 75.2 cm³/mol. The van der Waals surface area contributed by atoms with Gasteiger partial charge in [0.1, 0.15) is 5.82 Å². The molecule has 0 bridgehead atoms. The molecule has 0 aromatic carbocycles. The summed E-state index contributed by atoms with van der Waals surface area (Å²) in [4.78, 5) is 5.77. The number of nitrogens with zero attached hydrogens (tertiary/aromatic N) is 2. The molecule has 2 fully saturated rings. The molecule has 0 saturated carbocycles. The number of alkyl halides is 3. The van der Waals surface area contributed by atoms with Gasteiger partial charge in [0.2, 0.25) is 0 Å². The molecule has 116 valence electrons. The van der Waals surface area contributed by atoms with Crippen LogP contribution in [0.1, 0.15) is 31.2 Å². The van der Waals surface area contributed by atoms with E-state index in [-0.39, 0.29) is 5.82 Å². The zero-order valence-corrected chi connectivity index (χ0v) is 11.9. The maximum atomic E-state index is 13.0. The van der Waals surface area contributed by atoms with E-state index in [9.17, 15) is 13.2 Å². The number of piperidine rings is 1. The first-order valence-corrected chi connectivity index (χ1v) is 7.56. The minimum Gasteiger partial charge on any atom is -0.356 e. The summed E-state index contributed by atoms with van der Waals surface area (Å²) in [6, 6.07) is 3.02. The van der Waals surface area contributed by atoms with Gasteiger partial charge in [0.25, 0.3) is 0 Å². The average molecular weight is 299 g/mol. The van der Waals surface area contributed by atoms with Gasteiger partial charge in [-0.15, -0.1) is 0 Å². The molecule has 3 heterocycles. The number of pyridine rings is 1. The first-order valence-electron chi connectivity index (χ1n) is 7.56. The first-order chi connectivity index (χ1) is 10.1. The highest BCUT2D eigenvalue weighted by Crippen LogP contribution is 2.37. The fourth-order valence-corrected chi connectivity index (χ4v) is 3.50. The maximum absolute atomic E-state index is 13.0. The number of aromatic nitrogens is 1. The second-order valence-corrected chi connectivity index (χ2v) is 5.90. The molecule has 3 rings (SSSR count). The van der Waals surface area contributed by atoms with Crippen molar-refractivity contribution in [2.45, 2.75) is 37.9 Å².